The first-order chi connectivity index (χ1) is 12.2. The van der Waals surface area contributed by atoms with Crippen LogP contribution in [0.1, 0.15) is 52.2 Å². The Hall–Kier alpha value is -1.65. The lowest BCUT2D eigenvalue weighted by Crippen LogP contribution is -2.41. The first-order valence-electron chi connectivity index (χ1n) is 9.41. The molecule has 2 fully saturated rings. The molecular formula is C21H26N2OS. The van der Waals surface area contributed by atoms with Crippen LogP contribution < -0.4 is 0 Å². The summed E-state index contributed by atoms with van der Waals surface area (Å²) in [7, 11) is 0. The van der Waals surface area contributed by atoms with E-state index in [1.54, 1.807) is 11.3 Å². The van der Waals surface area contributed by atoms with Gasteiger partial charge in [0.05, 0.1) is 4.88 Å². The molecule has 4 rings (SSSR count). The fourth-order valence-corrected chi connectivity index (χ4v) is 4.95. The Bertz CT molecular complexity index is 723. The molecule has 1 aliphatic heterocycles. The summed E-state index contributed by atoms with van der Waals surface area (Å²) in [4.78, 5) is 19.9. The average Bonchev–Trinajstić information content (AvgIpc) is 3.18. The van der Waals surface area contributed by atoms with Crippen LogP contribution in [0.15, 0.2) is 42.5 Å². The largest absolute Gasteiger partial charge is 0.334 e. The maximum Gasteiger partial charge on any atom is 0.264 e. The van der Waals surface area contributed by atoms with E-state index in [4.69, 9.17) is 0 Å². The minimum absolute atomic E-state index is 0.228. The third kappa shape index (κ3) is 3.80. The quantitative estimate of drug-likeness (QED) is 0.769. The van der Waals surface area contributed by atoms with Crippen molar-refractivity contribution in [3.8, 4) is 0 Å². The van der Waals surface area contributed by atoms with E-state index in [2.05, 4.69) is 53.1 Å². The topological polar surface area (TPSA) is 23.6 Å². The molecule has 1 aromatic carbocycles. The number of likely N-dealkylation sites (tertiary alicyclic amines) is 1. The molecule has 132 valence electrons. The van der Waals surface area contributed by atoms with Gasteiger partial charge >= 0.3 is 0 Å². The Morgan fingerprint density at radius 3 is 2.68 bits per heavy atom. The van der Waals surface area contributed by atoms with Crippen molar-refractivity contribution < 1.29 is 4.79 Å². The monoisotopic (exact) mass is 354 g/mol. The number of thiophene rings is 1. The SMILES string of the molecule is CCN(C(=O)c1ccc(C2CC2)s1)C1CCN(Cc2ccccc2)C1. The van der Waals surface area contributed by atoms with E-state index in [1.165, 1.54) is 23.3 Å². The van der Waals surface area contributed by atoms with Crippen LogP contribution in [0, 0.1) is 0 Å². The van der Waals surface area contributed by atoms with Gasteiger partial charge in [-0.3, -0.25) is 9.69 Å². The second-order valence-electron chi connectivity index (χ2n) is 7.23. The summed E-state index contributed by atoms with van der Waals surface area (Å²) in [5.41, 5.74) is 1.35. The van der Waals surface area contributed by atoms with E-state index in [1.807, 2.05) is 6.07 Å². The van der Waals surface area contributed by atoms with Gasteiger partial charge in [-0.25, -0.2) is 0 Å². The van der Waals surface area contributed by atoms with Gasteiger partial charge < -0.3 is 4.90 Å². The highest BCUT2D eigenvalue weighted by Crippen LogP contribution is 2.43. The standard InChI is InChI=1S/C21H26N2OS/c1-2-23(21(24)20-11-10-19(25-20)17-8-9-17)18-12-13-22(15-18)14-16-6-4-3-5-7-16/h3-7,10-11,17-18H,2,8-9,12-15H2,1H3. The summed E-state index contributed by atoms with van der Waals surface area (Å²) in [5, 5.41) is 0. The Morgan fingerprint density at radius 2 is 1.96 bits per heavy atom. The number of rotatable bonds is 6. The third-order valence-electron chi connectivity index (χ3n) is 5.36. The smallest absolute Gasteiger partial charge is 0.264 e. The summed E-state index contributed by atoms with van der Waals surface area (Å²) in [6.45, 7) is 5.93. The number of hydrogen-bond donors (Lipinski definition) is 0. The fraction of sp³-hybridized carbons (Fsp3) is 0.476. The molecule has 2 aliphatic rings. The van der Waals surface area contributed by atoms with Gasteiger partial charge in [0.15, 0.2) is 0 Å². The van der Waals surface area contributed by atoms with Crippen molar-refractivity contribution in [2.75, 3.05) is 19.6 Å². The van der Waals surface area contributed by atoms with Crippen molar-refractivity contribution in [1.29, 1.82) is 0 Å². The van der Waals surface area contributed by atoms with Crippen LogP contribution in [0.4, 0.5) is 0 Å². The zero-order chi connectivity index (χ0) is 17.2. The second-order valence-corrected chi connectivity index (χ2v) is 8.35. The maximum absolute atomic E-state index is 13.0. The number of hydrogen-bond acceptors (Lipinski definition) is 3. The lowest BCUT2D eigenvalue weighted by Gasteiger charge is -2.27. The number of carbonyl (C=O) groups excluding carboxylic acids is 1. The summed E-state index contributed by atoms with van der Waals surface area (Å²) < 4.78 is 0. The summed E-state index contributed by atoms with van der Waals surface area (Å²) >= 11 is 1.71. The number of benzene rings is 1. The molecule has 0 radical (unpaired) electrons. The summed E-state index contributed by atoms with van der Waals surface area (Å²) in [5.74, 6) is 0.959. The van der Waals surface area contributed by atoms with Crippen molar-refractivity contribution in [1.82, 2.24) is 9.80 Å². The van der Waals surface area contributed by atoms with Crippen LogP contribution >= 0.6 is 11.3 Å². The molecule has 1 aliphatic carbocycles. The molecule has 0 N–H and O–H groups in total. The van der Waals surface area contributed by atoms with Gasteiger partial charge in [0, 0.05) is 37.1 Å². The van der Waals surface area contributed by atoms with E-state index < -0.39 is 0 Å². The molecule has 1 amide bonds. The highest BCUT2D eigenvalue weighted by Gasteiger charge is 2.32. The average molecular weight is 355 g/mol. The molecule has 4 heteroatoms. The van der Waals surface area contributed by atoms with Gasteiger partial charge in [0.25, 0.3) is 5.91 Å². The summed E-state index contributed by atoms with van der Waals surface area (Å²) in [6.07, 6.45) is 3.67. The van der Waals surface area contributed by atoms with Crippen LogP contribution in [0.2, 0.25) is 0 Å². The fourth-order valence-electron chi connectivity index (χ4n) is 3.82. The maximum atomic E-state index is 13.0. The molecular weight excluding hydrogens is 328 g/mol. The van der Waals surface area contributed by atoms with Crippen molar-refractivity contribution in [2.45, 2.75) is 44.7 Å². The van der Waals surface area contributed by atoms with Crippen LogP contribution in [0.3, 0.4) is 0 Å². The highest BCUT2D eigenvalue weighted by molar-refractivity contribution is 7.14. The number of nitrogens with zero attached hydrogens (tertiary/aromatic N) is 2. The van der Waals surface area contributed by atoms with E-state index in [0.29, 0.717) is 6.04 Å². The Labute approximate surface area is 154 Å². The van der Waals surface area contributed by atoms with Crippen LogP contribution in [-0.4, -0.2) is 41.4 Å². The highest BCUT2D eigenvalue weighted by atomic mass is 32.1. The zero-order valence-electron chi connectivity index (χ0n) is 14.9. The number of carbonyl (C=O) groups is 1. The Kier molecular flexibility index (Phi) is 4.91. The summed E-state index contributed by atoms with van der Waals surface area (Å²) in [6, 6.07) is 15.2. The van der Waals surface area contributed by atoms with Gasteiger partial charge in [-0.2, -0.15) is 0 Å². The Balaban J connectivity index is 1.39. The molecule has 1 saturated carbocycles. The number of likely N-dealkylation sites (N-methyl/N-ethyl adjacent to an activating group) is 1. The Morgan fingerprint density at radius 1 is 1.16 bits per heavy atom. The van der Waals surface area contributed by atoms with Gasteiger partial charge in [0.1, 0.15) is 0 Å². The molecule has 3 nitrogen and oxygen atoms in total. The lowest BCUT2D eigenvalue weighted by molar-refractivity contribution is 0.0698. The van der Waals surface area contributed by atoms with E-state index in [0.717, 1.165) is 43.4 Å². The second kappa shape index (κ2) is 7.30. The van der Waals surface area contributed by atoms with Crippen LogP contribution in [0.5, 0.6) is 0 Å². The molecule has 1 unspecified atom stereocenters. The molecule has 1 aromatic heterocycles. The lowest BCUT2D eigenvalue weighted by atomic mass is 10.2. The molecule has 1 saturated heterocycles. The van der Waals surface area contributed by atoms with E-state index >= 15 is 0 Å². The van der Waals surface area contributed by atoms with Gasteiger partial charge in [0.2, 0.25) is 0 Å². The molecule has 0 spiro atoms. The first kappa shape index (κ1) is 16.8. The number of amides is 1. The minimum Gasteiger partial charge on any atom is -0.334 e. The van der Waals surface area contributed by atoms with Crippen molar-refractivity contribution >= 4 is 17.2 Å². The van der Waals surface area contributed by atoms with Crippen LogP contribution in [-0.2, 0) is 6.54 Å². The van der Waals surface area contributed by atoms with Gasteiger partial charge in [-0.1, -0.05) is 30.3 Å². The van der Waals surface area contributed by atoms with E-state index in [-0.39, 0.29) is 5.91 Å². The third-order valence-corrected chi connectivity index (χ3v) is 6.59. The predicted molar refractivity (Wildman–Crippen MR) is 103 cm³/mol. The normalized spacial score (nSPS) is 20.8. The van der Waals surface area contributed by atoms with Crippen molar-refractivity contribution in [3.63, 3.8) is 0 Å². The molecule has 0 bridgehead atoms. The van der Waals surface area contributed by atoms with Crippen molar-refractivity contribution in [2.24, 2.45) is 0 Å². The zero-order valence-corrected chi connectivity index (χ0v) is 15.7. The van der Waals surface area contributed by atoms with Gasteiger partial charge in [-0.05, 0) is 49.8 Å². The molecule has 2 heterocycles. The van der Waals surface area contributed by atoms with Crippen molar-refractivity contribution in [3.05, 3.63) is 57.8 Å². The van der Waals surface area contributed by atoms with Crippen LogP contribution in [0.25, 0.3) is 0 Å². The molecule has 2 aromatic rings. The van der Waals surface area contributed by atoms with Gasteiger partial charge in [-0.15, -0.1) is 11.3 Å². The first-order valence-corrected chi connectivity index (χ1v) is 10.2. The minimum atomic E-state index is 0.228. The molecule has 25 heavy (non-hydrogen) atoms. The van der Waals surface area contributed by atoms with E-state index in [9.17, 15) is 4.79 Å². The molecule has 1 atom stereocenters. The predicted octanol–water partition coefficient (Wildman–Crippen LogP) is 4.36.